The fourth-order valence-corrected chi connectivity index (χ4v) is 6.54. The predicted molar refractivity (Wildman–Crippen MR) is 195 cm³/mol. The van der Waals surface area contributed by atoms with Gasteiger partial charge in [-0.05, 0) is 77.5 Å². The minimum Gasteiger partial charge on any atom is -0.477 e. The maximum Gasteiger partial charge on any atom is 0.416 e. The van der Waals surface area contributed by atoms with Gasteiger partial charge in [0.1, 0.15) is 18.1 Å². The van der Waals surface area contributed by atoms with Gasteiger partial charge in [0.2, 0.25) is 15.9 Å². The fourth-order valence-electron chi connectivity index (χ4n) is 5.90. The zero-order valence-corrected chi connectivity index (χ0v) is 30.0. The summed E-state index contributed by atoms with van der Waals surface area (Å²) in [6.45, 7) is 1.16. The molecular weight excluding hydrogens is 764 g/mol. The summed E-state index contributed by atoms with van der Waals surface area (Å²) in [5.41, 5.74) is 0.953. The number of aromatic nitrogens is 5. The smallest absolute Gasteiger partial charge is 0.416 e. The number of hydrogen-bond acceptors (Lipinski definition) is 11. The van der Waals surface area contributed by atoms with Crippen molar-refractivity contribution in [1.29, 1.82) is 0 Å². The number of halogens is 1. The molecule has 5 aromatic rings. The Morgan fingerprint density at radius 3 is 2.27 bits per heavy atom. The monoisotopic (exact) mass is 792 g/mol. The highest BCUT2D eigenvalue weighted by Gasteiger charge is 2.41. The number of nitrogens with one attached hydrogen (secondary N) is 3. The first-order valence-electron chi connectivity index (χ1n) is 16.1. The molecule has 1 aliphatic heterocycles. The Balaban J connectivity index is 1.29. The minimum atomic E-state index is -3.82. The number of carboxylic acids is 1. The number of amides is 5. The van der Waals surface area contributed by atoms with E-state index in [-0.39, 0.29) is 58.3 Å². The highest BCUT2D eigenvalue weighted by Crippen LogP contribution is 2.30. The summed E-state index contributed by atoms with van der Waals surface area (Å²) in [6.07, 6.45) is -0.371. The zero-order valence-electron chi connectivity index (χ0n) is 28.4. The number of carbonyl (C=O) groups is 6. The number of benzene rings is 3. The molecule has 1 unspecified atom stereocenters. The standard InChI is InChI=1S/C33H29ClN10O10S/c1-2-55(53,54)38-32(50)37-21-6-3-18(4-7-21)13-26(28(45)36-22-8-10-23-19(14-22)15-27(31(48)49)44(23)33(51)52)42-12-11-41(29(46)30(42)47)25-16-20(34)5-9-24(25)43-17-35-39-40-43/h3-10,14-17,26H,2,11-13H2,1H3,(H,36,45)(H,48,49)(H,51,52)(H2,37,38,50). The Labute approximate surface area is 315 Å². The average Bonchev–Trinajstić information content (AvgIpc) is 3.81. The quantitative estimate of drug-likeness (QED) is 0.120. The topological polar surface area (TPSA) is 268 Å². The molecular formula is C33H29ClN10O10S. The molecule has 20 nitrogen and oxygen atoms in total. The Kier molecular flexibility index (Phi) is 10.5. The molecule has 3 aromatic carbocycles. The Hall–Kier alpha value is -6.87. The maximum absolute atomic E-state index is 14.1. The van der Waals surface area contributed by atoms with Gasteiger partial charge in [0.05, 0.1) is 22.6 Å². The molecule has 0 bridgehead atoms. The van der Waals surface area contributed by atoms with Gasteiger partial charge in [-0.2, -0.15) is 4.68 Å². The van der Waals surface area contributed by atoms with E-state index >= 15 is 0 Å². The van der Waals surface area contributed by atoms with Crippen molar-refractivity contribution in [3.63, 3.8) is 0 Å². The van der Waals surface area contributed by atoms with Crippen LogP contribution in [0.5, 0.6) is 0 Å². The van der Waals surface area contributed by atoms with Crippen LogP contribution >= 0.6 is 11.6 Å². The van der Waals surface area contributed by atoms with Crippen LogP contribution in [0.15, 0.2) is 73.1 Å². The van der Waals surface area contributed by atoms with Crippen molar-refractivity contribution in [3.05, 3.63) is 89.3 Å². The maximum atomic E-state index is 14.1. The number of piperazine rings is 1. The summed E-state index contributed by atoms with van der Waals surface area (Å²) in [5, 5.41) is 35.8. The van der Waals surface area contributed by atoms with Gasteiger partial charge in [0.15, 0.2) is 0 Å². The van der Waals surface area contributed by atoms with Crippen LogP contribution in [0.3, 0.4) is 0 Å². The lowest BCUT2D eigenvalue weighted by molar-refractivity contribution is -0.149. The minimum absolute atomic E-state index is 0.0491. The predicted octanol–water partition coefficient (Wildman–Crippen LogP) is 2.39. The van der Waals surface area contributed by atoms with Crippen molar-refractivity contribution < 1.29 is 47.4 Å². The molecule has 1 atom stereocenters. The van der Waals surface area contributed by atoms with Crippen molar-refractivity contribution in [2.45, 2.75) is 19.4 Å². The molecule has 1 aliphatic rings. The second kappa shape index (κ2) is 15.2. The third kappa shape index (κ3) is 8.06. The number of tetrazole rings is 1. The molecule has 5 N–H and O–H groups in total. The lowest BCUT2D eigenvalue weighted by Crippen LogP contribution is -2.60. The van der Waals surface area contributed by atoms with Gasteiger partial charge in [0, 0.05) is 41.3 Å². The zero-order chi connectivity index (χ0) is 39.6. The van der Waals surface area contributed by atoms with Crippen LogP contribution in [0.4, 0.5) is 26.7 Å². The van der Waals surface area contributed by atoms with E-state index in [1.54, 1.807) is 12.1 Å². The summed E-state index contributed by atoms with van der Waals surface area (Å²) in [4.78, 5) is 79.8. The molecule has 0 saturated carbocycles. The largest absolute Gasteiger partial charge is 0.477 e. The summed E-state index contributed by atoms with van der Waals surface area (Å²) in [5.74, 6) is -4.55. The molecule has 0 aliphatic carbocycles. The van der Waals surface area contributed by atoms with Crippen molar-refractivity contribution >= 4 is 85.4 Å². The van der Waals surface area contributed by atoms with E-state index in [2.05, 4.69) is 26.2 Å². The summed E-state index contributed by atoms with van der Waals surface area (Å²) in [6, 6.07) is 13.4. The van der Waals surface area contributed by atoms with E-state index in [9.17, 15) is 47.4 Å². The van der Waals surface area contributed by atoms with Crippen LogP contribution in [-0.2, 0) is 30.8 Å². The van der Waals surface area contributed by atoms with E-state index in [0.717, 1.165) is 11.0 Å². The molecule has 22 heteroatoms. The lowest BCUT2D eigenvalue weighted by Gasteiger charge is -2.38. The molecule has 2 aromatic heterocycles. The summed E-state index contributed by atoms with van der Waals surface area (Å²) < 4.78 is 27.3. The van der Waals surface area contributed by atoms with E-state index < -0.39 is 57.6 Å². The van der Waals surface area contributed by atoms with Crippen molar-refractivity contribution in [3.8, 4) is 5.69 Å². The summed E-state index contributed by atoms with van der Waals surface area (Å²) >= 11 is 6.26. The van der Waals surface area contributed by atoms with Gasteiger partial charge in [-0.25, -0.2) is 32.1 Å². The summed E-state index contributed by atoms with van der Waals surface area (Å²) in [7, 11) is -3.82. The van der Waals surface area contributed by atoms with Gasteiger partial charge in [-0.1, -0.05) is 23.7 Å². The Bertz CT molecular complexity index is 2470. The van der Waals surface area contributed by atoms with Crippen LogP contribution in [0.25, 0.3) is 16.6 Å². The number of rotatable bonds is 11. The number of carbonyl (C=O) groups excluding carboxylic acids is 4. The number of nitrogens with zero attached hydrogens (tertiary/aromatic N) is 7. The van der Waals surface area contributed by atoms with Crippen LogP contribution in [0.1, 0.15) is 23.0 Å². The molecule has 5 amide bonds. The van der Waals surface area contributed by atoms with E-state index in [1.807, 2.05) is 4.72 Å². The highest BCUT2D eigenvalue weighted by atomic mass is 35.5. The highest BCUT2D eigenvalue weighted by molar-refractivity contribution is 7.90. The third-order valence-electron chi connectivity index (χ3n) is 8.51. The number of anilines is 3. The molecule has 1 fully saturated rings. The van der Waals surface area contributed by atoms with Crippen molar-refractivity contribution in [2.75, 3.05) is 34.4 Å². The second-order valence-electron chi connectivity index (χ2n) is 11.9. The number of urea groups is 1. The van der Waals surface area contributed by atoms with Gasteiger partial charge in [0.25, 0.3) is 0 Å². The first-order chi connectivity index (χ1) is 26.1. The second-order valence-corrected chi connectivity index (χ2v) is 14.4. The van der Waals surface area contributed by atoms with Crippen molar-refractivity contribution in [2.24, 2.45) is 0 Å². The van der Waals surface area contributed by atoms with Crippen LogP contribution < -0.4 is 20.3 Å². The van der Waals surface area contributed by atoms with Gasteiger partial charge in [-0.3, -0.25) is 14.4 Å². The molecule has 55 heavy (non-hydrogen) atoms. The normalized spacial score (nSPS) is 13.8. The molecule has 284 valence electrons. The number of aromatic carboxylic acids is 1. The number of hydrogen-bond donors (Lipinski definition) is 5. The Morgan fingerprint density at radius 2 is 1.62 bits per heavy atom. The molecule has 0 spiro atoms. The van der Waals surface area contributed by atoms with Gasteiger partial charge < -0.3 is 30.6 Å². The first kappa shape index (κ1) is 37.9. The van der Waals surface area contributed by atoms with Crippen LogP contribution in [-0.4, -0.2) is 109 Å². The number of carboxylic acid groups (broad SMARTS) is 2. The van der Waals surface area contributed by atoms with Crippen LogP contribution in [0, 0.1) is 0 Å². The fraction of sp³-hybridized carbons (Fsp3) is 0.182. The van der Waals surface area contributed by atoms with Crippen LogP contribution in [0.2, 0.25) is 5.02 Å². The number of sulfonamides is 1. The van der Waals surface area contributed by atoms with Gasteiger partial charge in [-0.15, -0.1) is 5.10 Å². The first-order valence-corrected chi connectivity index (χ1v) is 18.2. The van der Waals surface area contributed by atoms with E-state index in [0.29, 0.717) is 15.8 Å². The molecule has 1 saturated heterocycles. The van der Waals surface area contributed by atoms with Gasteiger partial charge >= 0.3 is 29.9 Å². The lowest BCUT2D eigenvalue weighted by atomic mass is 10.0. The average molecular weight is 793 g/mol. The Morgan fingerprint density at radius 1 is 0.891 bits per heavy atom. The van der Waals surface area contributed by atoms with E-state index in [1.165, 1.54) is 71.4 Å². The molecule has 3 heterocycles. The number of fused-ring (bicyclic) bond motifs is 1. The third-order valence-corrected chi connectivity index (χ3v) is 10.00. The molecule has 6 rings (SSSR count). The molecule has 0 radical (unpaired) electrons. The van der Waals surface area contributed by atoms with E-state index in [4.69, 9.17) is 11.6 Å². The van der Waals surface area contributed by atoms with Crippen molar-refractivity contribution in [1.82, 2.24) is 34.4 Å². The SMILES string of the molecule is CCS(=O)(=O)NC(=O)Nc1ccc(CC(C(=O)Nc2ccc3c(c2)cc(C(=O)O)n3C(=O)O)N2CCN(c3cc(Cl)ccc3-n3cnnn3)C(=O)C2=O)cc1.